The van der Waals surface area contributed by atoms with Crippen molar-refractivity contribution in [2.75, 3.05) is 26.2 Å². The van der Waals surface area contributed by atoms with Crippen LogP contribution in [0, 0.1) is 0 Å². The Morgan fingerprint density at radius 2 is 2.14 bits per heavy atom. The van der Waals surface area contributed by atoms with Crippen molar-refractivity contribution in [2.24, 2.45) is 0 Å². The molecule has 0 spiro atoms. The van der Waals surface area contributed by atoms with Crippen LogP contribution in [0.5, 0.6) is 0 Å². The van der Waals surface area contributed by atoms with Crippen molar-refractivity contribution in [1.82, 2.24) is 10.2 Å². The molecule has 80 valence electrons. The van der Waals surface area contributed by atoms with Gasteiger partial charge in [0.05, 0.1) is 0 Å². The van der Waals surface area contributed by atoms with Crippen molar-refractivity contribution >= 4 is 17.5 Å². The molecule has 1 fully saturated rings. The van der Waals surface area contributed by atoms with Crippen LogP contribution in [0.15, 0.2) is 11.6 Å². The summed E-state index contributed by atoms with van der Waals surface area (Å²) in [5, 5.41) is 3.12. The van der Waals surface area contributed by atoms with Gasteiger partial charge in [-0.1, -0.05) is 17.7 Å². The topological polar surface area (TPSA) is 32.3 Å². The van der Waals surface area contributed by atoms with E-state index in [1.54, 1.807) is 0 Å². The van der Waals surface area contributed by atoms with Gasteiger partial charge in [-0.3, -0.25) is 4.79 Å². The molecule has 0 radical (unpaired) electrons. The molecule has 14 heavy (non-hydrogen) atoms. The molecule has 1 rings (SSSR count). The summed E-state index contributed by atoms with van der Waals surface area (Å²) in [6, 6.07) is 0. The smallest absolute Gasteiger partial charge is 0.223 e. The molecule has 0 bridgehead atoms. The Bertz CT molecular complexity index is 200. The highest BCUT2D eigenvalue weighted by Crippen LogP contribution is 2.08. The monoisotopic (exact) mass is 216 g/mol. The van der Waals surface area contributed by atoms with Gasteiger partial charge in [0.1, 0.15) is 0 Å². The van der Waals surface area contributed by atoms with E-state index in [2.05, 4.69) is 5.32 Å². The zero-order chi connectivity index (χ0) is 10.2. The van der Waals surface area contributed by atoms with Gasteiger partial charge in [0.2, 0.25) is 5.91 Å². The maximum absolute atomic E-state index is 11.5. The Morgan fingerprint density at radius 3 is 2.79 bits per heavy atom. The first-order valence-corrected chi connectivity index (χ1v) is 5.52. The first-order chi connectivity index (χ1) is 6.84. The highest BCUT2D eigenvalue weighted by molar-refractivity contribution is 6.25. The molecule has 0 aromatic heterocycles. The van der Waals surface area contributed by atoms with E-state index in [1.807, 2.05) is 11.0 Å². The quantitative estimate of drug-likeness (QED) is 0.704. The van der Waals surface area contributed by atoms with Gasteiger partial charge in [0.25, 0.3) is 0 Å². The van der Waals surface area contributed by atoms with Crippen molar-refractivity contribution in [3.05, 3.63) is 11.6 Å². The Balaban J connectivity index is 2.02. The predicted molar refractivity (Wildman–Crippen MR) is 58.3 cm³/mol. The first-order valence-electron chi connectivity index (χ1n) is 5.08. The van der Waals surface area contributed by atoms with Crippen LogP contribution in [-0.2, 0) is 4.79 Å². The molecule has 1 amide bonds. The number of rotatable bonds is 5. The number of carbonyl (C=O) groups is 1. The van der Waals surface area contributed by atoms with Gasteiger partial charge in [-0.15, -0.1) is 0 Å². The zero-order valence-corrected chi connectivity index (χ0v) is 9.09. The van der Waals surface area contributed by atoms with Gasteiger partial charge in [0.15, 0.2) is 0 Å². The molecule has 4 heteroatoms. The maximum Gasteiger partial charge on any atom is 0.223 e. The minimum Gasteiger partial charge on any atom is -0.343 e. The second-order valence-electron chi connectivity index (χ2n) is 3.40. The summed E-state index contributed by atoms with van der Waals surface area (Å²) < 4.78 is 0. The fraction of sp³-hybridized carbons (Fsp3) is 0.700. The number of likely N-dealkylation sites (tertiary alicyclic amines) is 1. The summed E-state index contributed by atoms with van der Waals surface area (Å²) in [4.78, 5) is 13.5. The molecule has 1 aliphatic heterocycles. The van der Waals surface area contributed by atoms with Crippen LogP contribution < -0.4 is 5.32 Å². The lowest BCUT2D eigenvalue weighted by Crippen LogP contribution is -2.30. The van der Waals surface area contributed by atoms with Crippen molar-refractivity contribution in [3.63, 3.8) is 0 Å². The SMILES string of the molecule is O=C(CCNC/C=C/Cl)N1CCCC1. The van der Waals surface area contributed by atoms with E-state index in [0.29, 0.717) is 6.42 Å². The van der Waals surface area contributed by atoms with Crippen LogP contribution in [0.25, 0.3) is 0 Å². The Labute approximate surface area is 90.1 Å². The first kappa shape index (κ1) is 11.5. The minimum atomic E-state index is 0.268. The molecule has 1 heterocycles. The summed E-state index contributed by atoms with van der Waals surface area (Å²) in [6.07, 6.45) is 4.74. The predicted octanol–water partition coefficient (Wildman–Crippen LogP) is 1.34. The van der Waals surface area contributed by atoms with Gasteiger partial charge in [-0.25, -0.2) is 0 Å². The van der Waals surface area contributed by atoms with Gasteiger partial charge < -0.3 is 10.2 Å². The number of hydrogen-bond donors (Lipinski definition) is 1. The molecular formula is C10H17ClN2O. The highest BCUT2D eigenvalue weighted by Gasteiger charge is 2.16. The van der Waals surface area contributed by atoms with Crippen LogP contribution in [0.3, 0.4) is 0 Å². The largest absolute Gasteiger partial charge is 0.343 e. The average Bonchev–Trinajstić information content (AvgIpc) is 2.70. The van der Waals surface area contributed by atoms with E-state index >= 15 is 0 Å². The minimum absolute atomic E-state index is 0.268. The van der Waals surface area contributed by atoms with Crippen molar-refractivity contribution in [2.45, 2.75) is 19.3 Å². The summed E-state index contributed by atoms with van der Waals surface area (Å²) >= 11 is 5.35. The van der Waals surface area contributed by atoms with E-state index in [0.717, 1.165) is 39.0 Å². The van der Waals surface area contributed by atoms with Gasteiger partial charge in [0, 0.05) is 38.1 Å². The van der Waals surface area contributed by atoms with E-state index in [1.165, 1.54) is 5.54 Å². The molecule has 3 nitrogen and oxygen atoms in total. The molecule has 0 aliphatic carbocycles. The molecule has 1 saturated heterocycles. The summed E-state index contributed by atoms with van der Waals surface area (Å²) in [7, 11) is 0. The van der Waals surface area contributed by atoms with Crippen LogP contribution in [-0.4, -0.2) is 37.0 Å². The van der Waals surface area contributed by atoms with Crippen molar-refractivity contribution < 1.29 is 4.79 Å². The van der Waals surface area contributed by atoms with Crippen molar-refractivity contribution in [3.8, 4) is 0 Å². The van der Waals surface area contributed by atoms with Gasteiger partial charge >= 0.3 is 0 Å². The fourth-order valence-corrected chi connectivity index (χ4v) is 1.64. The zero-order valence-electron chi connectivity index (χ0n) is 8.34. The van der Waals surface area contributed by atoms with Gasteiger partial charge in [-0.2, -0.15) is 0 Å². The number of hydrogen-bond acceptors (Lipinski definition) is 2. The summed E-state index contributed by atoms with van der Waals surface area (Å²) in [5.41, 5.74) is 1.48. The third-order valence-electron chi connectivity index (χ3n) is 2.33. The molecule has 0 unspecified atom stereocenters. The third-order valence-corrected chi connectivity index (χ3v) is 2.50. The molecule has 0 saturated carbocycles. The molecule has 1 N–H and O–H groups in total. The second-order valence-corrected chi connectivity index (χ2v) is 3.66. The van der Waals surface area contributed by atoms with Crippen LogP contribution >= 0.6 is 11.6 Å². The molecular weight excluding hydrogens is 200 g/mol. The molecule has 0 aromatic rings. The van der Waals surface area contributed by atoms with E-state index in [9.17, 15) is 4.79 Å². The fourth-order valence-electron chi connectivity index (χ4n) is 1.55. The number of nitrogens with one attached hydrogen (secondary N) is 1. The van der Waals surface area contributed by atoms with E-state index in [-0.39, 0.29) is 5.91 Å². The number of carbonyl (C=O) groups excluding carboxylic acids is 1. The molecule has 0 aromatic carbocycles. The van der Waals surface area contributed by atoms with E-state index < -0.39 is 0 Å². The molecule has 1 aliphatic rings. The number of halogens is 1. The summed E-state index contributed by atoms with van der Waals surface area (Å²) in [6.45, 7) is 3.36. The normalized spacial score (nSPS) is 16.8. The van der Waals surface area contributed by atoms with E-state index in [4.69, 9.17) is 11.6 Å². The highest BCUT2D eigenvalue weighted by atomic mass is 35.5. The molecule has 0 atom stereocenters. The number of nitrogens with zero attached hydrogens (tertiary/aromatic N) is 1. The Kier molecular flexibility index (Phi) is 5.64. The van der Waals surface area contributed by atoms with Crippen molar-refractivity contribution in [1.29, 1.82) is 0 Å². The Morgan fingerprint density at radius 1 is 1.43 bits per heavy atom. The van der Waals surface area contributed by atoms with Gasteiger partial charge in [-0.05, 0) is 12.8 Å². The van der Waals surface area contributed by atoms with Crippen LogP contribution in [0.1, 0.15) is 19.3 Å². The Hall–Kier alpha value is -0.540. The number of amides is 1. The third kappa shape index (κ3) is 4.11. The lowest BCUT2D eigenvalue weighted by atomic mass is 10.3. The summed E-state index contributed by atoms with van der Waals surface area (Å²) in [5.74, 6) is 0.268. The van der Waals surface area contributed by atoms with Crippen LogP contribution in [0.4, 0.5) is 0 Å². The average molecular weight is 217 g/mol. The second kappa shape index (κ2) is 6.85. The standard InChI is InChI=1S/C10H17ClN2O/c11-5-3-6-12-7-4-10(14)13-8-1-2-9-13/h3,5,12H,1-2,4,6-9H2/b5-3+. The lowest BCUT2D eigenvalue weighted by Gasteiger charge is -2.14. The maximum atomic E-state index is 11.5. The van der Waals surface area contributed by atoms with Crippen LogP contribution in [0.2, 0.25) is 0 Å². The lowest BCUT2D eigenvalue weighted by molar-refractivity contribution is -0.130.